The zero-order chi connectivity index (χ0) is 21.2. The van der Waals surface area contributed by atoms with Gasteiger partial charge in [0.05, 0.1) is 12.8 Å². The first-order valence-corrected chi connectivity index (χ1v) is 9.21. The summed E-state index contributed by atoms with van der Waals surface area (Å²) in [6.07, 6.45) is -2.97. The maximum Gasteiger partial charge on any atom is 0.421 e. The molecule has 1 atom stereocenters. The Morgan fingerprint density at radius 3 is 2.79 bits per heavy atom. The Hall–Kier alpha value is -2.68. The monoisotopic (exact) mass is 429 g/mol. The van der Waals surface area contributed by atoms with E-state index in [1.807, 2.05) is 4.90 Å². The van der Waals surface area contributed by atoms with Crippen molar-refractivity contribution in [1.29, 1.82) is 0 Å². The lowest BCUT2D eigenvalue weighted by atomic mass is 10.2. The van der Waals surface area contributed by atoms with Gasteiger partial charge in [-0.3, -0.25) is 9.59 Å². The second kappa shape index (κ2) is 8.36. The number of aromatic nitrogens is 1. The van der Waals surface area contributed by atoms with Crippen LogP contribution in [0.5, 0.6) is 5.75 Å². The number of benzene rings is 1. The molecule has 1 fully saturated rings. The van der Waals surface area contributed by atoms with E-state index in [-0.39, 0.29) is 6.04 Å². The van der Waals surface area contributed by atoms with Crippen LogP contribution in [-0.4, -0.2) is 36.7 Å². The van der Waals surface area contributed by atoms with Gasteiger partial charge in [-0.25, -0.2) is 0 Å². The number of nitrogens with one attached hydrogen (secondary N) is 1. The van der Waals surface area contributed by atoms with Gasteiger partial charge in [0.1, 0.15) is 17.9 Å². The number of methoxy groups -OCH3 is 1. The highest BCUT2D eigenvalue weighted by atomic mass is 35.5. The van der Waals surface area contributed by atoms with E-state index in [1.165, 1.54) is 0 Å². The fourth-order valence-corrected chi connectivity index (χ4v) is 3.48. The minimum atomic E-state index is -4.77. The van der Waals surface area contributed by atoms with Crippen LogP contribution in [0.15, 0.2) is 41.3 Å². The van der Waals surface area contributed by atoms with E-state index >= 15 is 0 Å². The predicted molar refractivity (Wildman–Crippen MR) is 102 cm³/mol. The van der Waals surface area contributed by atoms with E-state index in [0.717, 1.165) is 22.5 Å². The highest BCUT2D eigenvalue weighted by Gasteiger charge is 2.34. The van der Waals surface area contributed by atoms with Crippen LogP contribution in [0, 0.1) is 0 Å². The van der Waals surface area contributed by atoms with Crippen LogP contribution in [0.25, 0.3) is 0 Å². The number of hydrogen-bond donors (Lipinski definition) is 1. The van der Waals surface area contributed by atoms with Gasteiger partial charge >= 0.3 is 6.18 Å². The maximum atomic E-state index is 12.8. The number of amides is 1. The van der Waals surface area contributed by atoms with Crippen LogP contribution in [0.4, 0.5) is 18.9 Å². The molecule has 156 valence electrons. The Labute approximate surface area is 169 Å². The molecule has 29 heavy (non-hydrogen) atoms. The van der Waals surface area contributed by atoms with Gasteiger partial charge in [0.2, 0.25) is 5.91 Å². The maximum absolute atomic E-state index is 12.8. The smallest absolute Gasteiger partial charge is 0.421 e. The van der Waals surface area contributed by atoms with Crippen LogP contribution in [0.3, 0.4) is 0 Å². The Kier molecular flexibility index (Phi) is 6.07. The lowest BCUT2D eigenvalue weighted by Gasteiger charge is -2.22. The van der Waals surface area contributed by atoms with Gasteiger partial charge in [-0.2, -0.15) is 13.2 Å². The van der Waals surface area contributed by atoms with Crippen molar-refractivity contribution in [2.45, 2.75) is 25.2 Å². The number of nitrogens with zero attached hydrogens (tertiary/aromatic N) is 2. The summed E-state index contributed by atoms with van der Waals surface area (Å²) in [5.74, 6) is 0.119. The lowest BCUT2D eigenvalue weighted by molar-refractivity contribution is -0.139. The highest BCUT2D eigenvalue weighted by Crippen LogP contribution is 2.33. The van der Waals surface area contributed by atoms with Gasteiger partial charge in [-0.05, 0) is 36.8 Å². The first-order chi connectivity index (χ1) is 13.7. The first-order valence-electron chi connectivity index (χ1n) is 8.83. The summed E-state index contributed by atoms with van der Waals surface area (Å²) in [6, 6.07) is 6.82. The van der Waals surface area contributed by atoms with Crippen molar-refractivity contribution in [2.75, 3.05) is 25.1 Å². The SMILES string of the molecule is COc1ccc(Cl)cc1N1CCC(NC(=O)Cn2cccc(C(F)(F)F)c2=O)C1. The fraction of sp³-hybridized carbons (Fsp3) is 0.368. The van der Waals surface area contributed by atoms with Crippen molar-refractivity contribution >= 4 is 23.2 Å². The van der Waals surface area contributed by atoms with Crippen LogP contribution in [-0.2, 0) is 17.5 Å². The molecule has 0 saturated carbocycles. The molecule has 1 unspecified atom stereocenters. The third-order valence-corrected chi connectivity index (χ3v) is 4.91. The van der Waals surface area contributed by atoms with E-state index in [1.54, 1.807) is 25.3 Å². The summed E-state index contributed by atoms with van der Waals surface area (Å²) in [5, 5.41) is 3.32. The Balaban J connectivity index is 1.65. The number of rotatable bonds is 5. The molecule has 1 N–H and O–H groups in total. The normalized spacial score (nSPS) is 16.7. The van der Waals surface area contributed by atoms with Crippen LogP contribution in [0.2, 0.25) is 5.02 Å². The zero-order valence-corrected chi connectivity index (χ0v) is 16.3. The largest absolute Gasteiger partial charge is 0.495 e. The molecule has 0 spiro atoms. The van der Waals surface area contributed by atoms with Crippen molar-refractivity contribution < 1.29 is 22.7 Å². The summed E-state index contributed by atoms with van der Waals surface area (Å²) in [6.45, 7) is 0.644. The van der Waals surface area contributed by atoms with Crippen LogP contribution >= 0.6 is 11.6 Å². The molecule has 2 aromatic rings. The van der Waals surface area contributed by atoms with Gasteiger partial charge in [-0.1, -0.05) is 11.6 Å². The summed E-state index contributed by atoms with van der Waals surface area (Å²) >= 11 is 6.06. The number of hydrogen-bond acceptors (Lipinski definition) is 4. The Morgan fingerprint density at radius 2 is 2.10 bits per heavy atom. The summed E-state index contributed by atoms with van der Waals surface area (Å²) in [4.78, 5) is 26.2. The van der Waals surface area contributed by atoms with Gasteiger partial charge in [0.15, 0.2) is 0 Å². The first kappa shape index (κ1) is 21.0. The Morgan fingerprint density at radius 1 is 1.34 bits per heavy atom. The number of carbonyl (C=O) groups is 1. The molecule has 6 nitrogen and oxygen atoms in total. The van der Waals surface area contributed by atoms with Crippen molar-refractivity contribution in [3.63, 3.8) is 0 Å². The molecule has 1 amide bonds. The highest BCUT2D eigenvalue weighted by molar-refractivity contribution is 6.30. The summed E-state index contributed by atoms with van der Waals surface area (Å²) in [5.41, 5.74) is -1.74. The average molecular weight is 430 g/mol. The number of anilines is 1. The van der Waals surface area contributed by atoms with E-state index < -0.39 is 29.8 Å². The second-order valence-electron chi connectivity index (χ2n) is 6.67. The Bertz CT molecular complexity index is 962. The molecular formula is C19H19ClF3N3O3. The van der Waals surface area contributed by atoms with Gasteiger partial charge in [0.25, 0.3) is 5.56 Å². The van der Waals surface area contributed by atoms with Crippen molar-refractivity contribution in [3.05, 3.63) is 57.5 Å². The van der Waals surface area contributed by atoms with Gasteiger partial charge in [-0.15, -0.1) is 0 Å². The molecule has 0 radical (unpaired) electrons. The van der Waals surface area contributed by atoms with Gasteiger partial charge in [0, 0.05) is 30.4 Å². The minimum absolute atomic E-state index is 0.215. The third kappa shape index (κ3) is 4.84. The number of alkyl halides is 3. The number of pyridine rings is 1. The minimum Gasteiger partial charge on any atom is -0.495 e. The molecule has 2 heterocycles. The molecule has 3 rings (SSSR count). The molecule has 1 aliphatic heterocycles. The lowest BCUT2D eigenvalue weighted by Crippen LogP contribution is -2.41. The molecular weight excluding hydrogens is 411 g/mol. The molecule has 1 aromatic carbocycles. The van der Waals surface area contributed by atoms with E-state index in [2.05, 4.69) is 5.32 Å². The van der Waals surface area contributed by atoms with E-state index in [9.17, 15) is 22.8 Å². The van der Waals surface area contributed by atoms with Crippen molar-refractivity contribution in [1.82, 2.24) is 9.88 Å². The number of ether oxygens (including phenoxy) is 1. The third-order valence-electron chi connectivity index (χ3n) is 4.67. The topological polar surface area (TPSA) is 63.6 Å². The van der Waals surface area contributed by atoms with E-state index in [0.29, 0.717) is 36.3 Å². The molecule has 10 heteroatoms. The fourth-order valence-electron chi connectivity index (χ4n) is 3.31. The van der Waals surface area contributed by atoms with Crippen LogP contribution < -0.4 is 20.5 Å². The van der Waals surface area contributed by atoms with Crippen molar-refractivity contribution in [2.24, 2.45) is 0 Å². The second-order valence-corrected chi connectivity index (χ2v) is 7.10. The zero-order valence-electron chi connectivity index (χ0n) is 15.5. The summed E-state index contributed by atoms with van der Waals surface area (Å²) in [7, 11) is 1.55. The average Bonchev–Trinajstić information content (AvgIpc) is 3.10. The molecule has 1 aliphatic rings. The molecule has 1 aromatic heterocycles. The van der Waals surface area contributed by atoms with Crippen molar-refractivity contribution in [3.8, 4) is 5.75 Å². The van der Waals surface area contributed by atoms with Gasteiger partial charge < -0.3 is 19.5 Å². The van der Waals surface area contributed by atoms with Crippen LogP contribution in [0.1, 0.15) is 12.0 Å². The van der Waals surface area contributed by atoms with E-state index in [4.69, 9.17) is 16.3 Å². The molecule has 0 bridgehead atoms. The standard InChI is InChI=1S/C19H19ClF3N3O3/c1-29-16-5-4-12(20)9-15(16)25-8-6-13(10-25)24-17(27)11-26-7-2-3-14(18(26)28)19(21,22)23/h2-5,7,9,13H,6,8,10-11H2,1H3,(H,24,27). The quantitative estimate of drug-likeness (QED) is 0.794. The number of carbonyl (C=O) groups excluding carboxylic acids is 1. The predicted octanol–water partition coefficient (Wildman–Crippen LogP) is 2.92. The summed E-state index contributed by atoms with van der Waals surface area (Å²) < 4.78 is 44.6. The molecule has 0 aliphatic carbocycles. The molecule has 1 saturated heterocycles. The number of halogens is 4.